The number of rotatable bonds is 6. The van der Waals surface area contributed by atoms with Gasteiger partial charge in [0.25, 0.3) is 5.91 Å². The second kappa shape index (κ2) is 9.23. The number of thioether (sulfide) groups is 1. The number of amides is 1. The van der Waals surface area contributed by atoms with Gasteiger partial charge in [0.15, 0.2) is 10.9 Å². The molecule has 3 atom stereocenters. The van der Waals surface area contributed by atoms with E-state index in [1.807, 2.05) is 24.3 Å². The molecule has 0 spiro atoms. The van der Waals surface area contributed by atoms with Gasteiger partial charge in [0.1, 0.15) is 5.75 Å². The van der Waals surface area contributed by atoms with Crippen LogP contribution in [-0.4, -0.2) is 43.5 Å². The molecule has 10 heteroatoms. The number of aromatic nitrogens is 2. The standard InChI is InChI=1S/C21H21N5O3S2/c22-26(19-13-6-2-1-5-12(13)10-23-25-19)20(28)16-11-31-18(24-16)9-15(21(29)30)14-7-3-4-8-17(14)27/h1-8,10,15-16,18,24,27H,9,11,22H2,(H,29,30). The fraction of sp³-hybridized carbons (Fsp3) is 0.238. The number of para-hydroxylation sites is 1. The molecule has 4 N–H and O–H groups in total. The maximum atomic E-state index is 13.0. The molecule has 2 aromatic carbocycles. The average molecular weight is 456 g/mol. The number of carbonyl (C=O) groups is 2. The summed E-state index contributed by atoms with van der Waals surface area (Å²) in [6.07, 6.45) is 2.00. The lowest BCUT2D eigenvalue weighted by atomic mass is 9.95. The highest BCUT2D eigenvalue weighted by atomic mass is 32.2. The van der Waals surface area contributed by atoms with Crippen LogP contribution in [0.15, 0.2) is 54.7 Å². The van der Waals surface area contributed by atoms with E-state index in [2.05, 4.69) is 28.1 Å². The number of hydrazine groups is 1. The first-order chi connectivity index (χ1) is 15.0. The Bertz CT molecular complexity index is 1120. The van der Waals surface area contributed by atoms with Crippen LogP contribution in [0.3, 0.4) is 0 Å². The van der Waals surface area contributed by atoms with Crippen molar-refractivity contribution in [2.45, 2.75) is 23.8 Å². The van der Waals surface area contributed by atoms with E-state index in [-0.39, 0.29) is 28.0 Å². The van der Waals surface area contributed by atoms with Crippen molar-refractivity contribution in [2.24, 2.45) is 5.84 Å². The Hall–Kier alpha value is -2.66. The lowest BCUT2D eigenvalue weighted by molar-refractivity contribution is -0.120. The Morgan fingerprint density at radius 1 is 1.26 bits per heavy atom. The smallest absolute Gasteiger partial charge is 0.260 e. The van der Waals surface area contributed by atoms with Gasteiger partial charge in [-0.3, -0.25) is 14.9 Å². The molecule has 1 fully saturated rings. The van der Waals surface area contributed by atoms with Crippen molar-refractivity contribution in [3.63, 3.8) is 0 Å². The van der Waals surface area contributed by atoms with Crippen LogP contribution < -0.4 is 16.2 Å². The van der Waals surface area contributed by atoms with Gasteiger partial charge in [-0.15, -0.1) is 29.5 Å². The van der Waals surface area contributed by atoms with E-state index < -0.39 is 12.0 Å². The van der Waals surface area contributed by atoms with E-state index in [1.54, 1.807) is 24.4 Å². The van der Waals surface area contributed by atoms with Gasteiger partial charge < -0.3 is 5.11 Å². The quantitative estimate of drug-likeness (QED) is 0.193. The highest BCUT2D eigenvalue weighted by Crippen LogP contribution is 2.35. The Morgan fingerprint density at radius 3 is 2.77 bits per heavy atom. The summed E-state index contributed by atoms with van der Waals surface area (Å²) in [5.41, 5.74) is 0.520. The van der Waals surface area contributed by atoms with Crippen LogP contribution in [0.25, 0.3) is 10.8 Å². The normalized spacial score (nSPS) is 19.3. The molecule has 4 rings (SSSR count). The van der Waals surface area contributed by atoms with Crippen LogP contribution >= 0.6 is 24.4 Å². The number of hydrogen-bond acceptors (Lipinski definition) is 8. The molecule has 0 bridgehead atoms. The number of thiol groups is 1. The van der Waals surface area contributed by atoms with Gasteiger partial charge in [0.05, 0.1) is 23.5 Å². The summed E-state index contributed by atoms with van der Waals surface area (Å²) in [6.45, 7) is 0. The summed E-state index contributed by atoms with van der Waals surface area (Å²) in [6, 6.07) is 13.6. The van der Waals surface area contributed by atoms with Crippen molar-refractivity contribution >= 4 is 52.0 Å². The molecule has 8 nitrogen and oxygen atoms in total. The third kappa shape index (κ3) is 4.52. The zero-order valence-corrected chi connectivity index (χ0v) is 18.1. The summed E-state index contributed by atoms with van der Waals surface area (Å²) in [4.78, 5) is 25.1. The Labute approximate surface area is 188 Å². The molecular weight excluding hydrogens is 434 g/mol. The average Bonchev–Trinajstić information content (AvgIpc) is 3.25. The highest BCUT2D eigenvalue weighted by molar-refractivity contribution is 8.00. The molecule has 1 amide bonds. The number of nitrogens with two attached hydrogens (primary N) is 1. The van der Waals surface area contributed by atoms with E-state index in [4.69, 9.17) is 5.84 Å². The number of aromatic hydroxyl groups is 1. The fourth-order valence-electron chi connectivity index (χ4n) is 3.63. The maximum Gasteiger partial charge on any atom is 0.260 e. The van der Waals surface area contributed by atoms with Crippen LogP contribution in [0.1, 0.15) is 17.9 Å². The Kier molecular flexibility index (Phi) is 6.42. The van der Waals surface area contributed by atoms with Crippen molar-refractivity contribution in [2.75, 3.05) is 10.8 Å². The molecule has 31 heavy (non-hydrogen) atoms. The second-order valence-corrected chi connectivity index (χ2v) is 8.87. The van der Waals surface area contributed by atoms with Crippen LogP contribution in [0.5, 0.6) is 5.75 Å². The van der Waals surface area contributed by atoms with E-state index in [9.17, 15) is 14.7 Å². The van der Waals surface area contributed by atoms with E-state index in [0.29, 0.717) is 17.7 Å². The number of benzene rings is 2. The van der Waals surface area contributed by atoms with Crippen molar-refractivity contribution in [1.29, 1.82) is 0 Å². The van der Waals surface area contributed by atoms with Crippen molar-refractivity contribution < 1.29 is 14.7 Å². The topological polar surface area (TPSA) is 121 Å². The van der Waals surface area contributed by atoms with Crippen molar-refractivity contribution in [1.82, 2.24) is 15.5 Å². The second-order valence-electron chi connectivity index (χ2n) is 7.19. The molecule has 1 aliphatic heterocycles. The van der Waals surface area contributed by atoms with Crippen molar-refractivity contribution in [3.05, 3.63) is 60.3 Å². The van der Waals surface area contributed by atoms with Crippen molar-refractivity contribution in [3.8, 4) is 5.75 Å². The number of nitrogens with one attached hydrogen (secondary N) is 1. The summed E-state index contributed by atoms with van der Waals surface area (Å²) < 4.78 is 0. The maximum absolute atomic E-state index is 13.0. The SMILES string of the molecule is NN(C(=O)C1CSC(CC(C(=O)S)c2ccccc2O)N1)c1nncc2ccccc12. The molecule has 1 aliphatic rings. The molecule has 3 aromatic rings. The minimum absolute atomic E-state index is 0.0492. The highest BCUT2D eigenvalue weighted by Gasteiger charge is 2.35. The van der Waals surface area contributed by atoms with E-state index >= 15 is 0 Å². The molecule has 0 radical (unpaired) electrons. The van der Waals surface area contributed by atoms with Gasteiger partial charge in [-0.2, -0.15) is 5.10 Å². The first-order valence-electron chi connectivity index (χ1n) is 9.63. The number of phenolic OH excluding ortho intramolecular Hbond substituents is 1. The number of phenols is 1. The summed E-state index contributed by atoms with van der Waals surface area (Å²) in [7, 11) is 0. The monoisotopic (exact) mass is 455 g/mol. The van der Waals surface area contributed by atoms with E-state index in [0.717, 1.165) is 15.8 Å². The molecule has 0 saturated carbocycles. The van der Waals surface area contributed by atoms with Gasteiger partial charge in [-0.1, -0.05) is 42.5 Å². The molecule has 2 heterocycles. The van der Waals surface area contributed by atoms with Gasteiger partial charge in [0, 0.05) is 22.1 Å². The Balaban J connectivity index is 1.47. The van der Waals surface area contributed by atoms with Gasteiger partial charge >= 0.3 is 0 Å². The van der Waals surface area contributed by atoms with E-state index in [1.165, 1.54) is 17.8 Å². The summed E-state index contributed by atoms with van der Waals surface area (Å²) >= 11 is 5.53. The summed E-state index contributed by atoms with van der Waals surface area (Å²) in [5, 5.41) is 23.4. The largest absolute Gasteiger partial charge is 0.508 e. The molecular formula is C21H21N5O3S2. The third-order valence-electron chi connectivity index (χ3n) is 5.23. The first kappa shape index (κ1) is 21.6. The van der Waals surface area contributed by atoms with Gasteiger partial charge in [-0.05, 0) is 12.5 Å². The number of fused-ring (bicyclic) bond motifs is 1. The van der Waals surface area contributed by atoms with Crippen LogP contribution in [0.4, 0.5) is 5.82 Å². The van der Waals surface area contributed by atoms with Crippen LogP contribution in [0.2, 0.25) is 0 Å². The number of carbonyl (C=O) groups excluding carboxylic acids is 2. The minimum Gasteiger partial charge on any atom is -0.508 e. The summed E-state index contributed by atoms with van der Waals surface area (Å²) in [5.74, 6) is 6.02. The lowest BCUT2D eigenvalue weighted by Gasteiger charge is -2.22. The minimum atomic E-state index is -0.596. The number of hydrogen-bond donors (Lipinski definition) is 4. The Morgan fingerprint density at radius 2 is 2.00 bits per heavy atom. The number of anilines is 1. The predicted molar refractivity (Wildman–Crippen MR) is 124 cm³/mol. The zero-order chi connectivity index (χ0) is 22.0. The molecule has 1 aromatic heterocycles. The number of nitrogens with zero attached hydrogens (tertiary/aromatic N) is 3. The molecule has 1 saturated heterocycles. The third-order valence-corrected chi connectivity index (χ3v) is 6.79. The van der Waals surface area contributed by atoms with Crippen LogP contribution in [-0.2, 0) is 9.59 Å². The predicted octanol–water partition coefficient (Wildman–Crippen LogP) is 2.20. The zero-order valence-electron chi connectivity index (χ0n) is 16.4. The lowest BCUT2D eigenvalue weighted by Crippen LogP contribution is -2.50. The molecule has 160 valence electrons. The van der Waals surface area contributed by atoms with Crippen LogP contribution in [0, 0.1) is 0 Å². The first-order valence-corrected chi connectivity index (χ1v) is 11.1. The van der Waals surface area contributed by atoms with Gasteiger partial charge in [-0.25, -0.2) is 10.9 Å². The molecule has 0 aliphatic carbocycles. The van der Waals surface area contributed by atoms with Gasteiger partial charge in [0.2, 0.25) is 0 Å². The fourth-order valence-corrected chi connectivity index (χ4v) is 5.13. The molecule has 3 unspecified atom stereocenters.